The fraction of sp³-hybridized carbons (Fsp3) is 0.250. The Balaban J connectivity index is 1.98. The van der Waals surface area contributed by atoms with Gasteiger partial charge in [-0.25, -0.2) is 4.79 Å². The van der Waals surface area contributed by atoms with Crippen molar-refractivity contribution < 1.29 is 19.0 Å². The average Bonchev–Trinajstić information content (AvgIpc) is 2.65. The summed E-state index contributed by atoms with van der Waals surface area (Å²) < 4.78 is 16.0. The maximum atomic E-state index is 11.9. The topological polar surface area (TPSA) is 56.8 Å². The number of hydrogen-bond donors (Lipinski definition) is 1. The van der Waals surface area contributed by atoms with Crippen molar-refractivity contribution in [2.45, 2.75) is 19.6 Å². The molecule has 0 radical (unpaired) electrons. The molecule has 0 spiro atoms. The standard InChI is InChI=1S/C20H23NO4/c1-4-8-17-11-16(12-18(23-2)19(17)24-3)13-21-20(22)25-14-15-9-6-5-7-10-15/h4-7,9-12H,1,8,13-14H2,2-3H3,(H,21,22). The van der Waals surface area contributed by atoms with E-state index in [0.717, 1.165) is 16.7 Å². The van der Waals surface area contributed by atoms with Gasteiger partial charge in [-0.15, -0.1) is 6.58 Å². The zero-order valence-electron chi connectivity index (χ0n) is 14.6. The molecule has 0 aromatic heterocycles. The van der Waals surface area contributed by atoms with Crippen molar-refractivity contribution in [1.82, 2.24) is 5.32 Å². The third kappa shape index (κ3) is 5.28. The van der Waals surface area contributed by atoms with Gasteiger partial charge in [-0.3, -0.25) is 0 Å². The van der Waals surface area contributed by atoms with Crippen LogP contribution in [0, 0.1) is 0 Å². The van der Waals surface area contributed by atoms with Crippen molar-refractivity contribution in [2.24, 2.45) is 0 Å². The first-order valence-electron chi connectivity index (χ1n) is 7.97. The van der Waals surface area contributed by atoms with Crippen LogP contribution in [0.3, 0.4) is 0 Å². The number of methoxy groups -OCH3 is 2. The van der Waals surface area contributed by atoms with Crippen molar-refractivity contribution >= 4 is 6.09 Å². The Kier molecular flexibility index (Phi) is 6.89. The molecule has 0 aliphatic carbocycles. The van der Waals surface area contributed by atoms with Crippen molar-refractivity contribution in [3.63, 3.8) is 0 Å². The van der Waals surface area contributed by atoms with Crippen molar-refractivity contribution in [1.29, 1.82) is 0 Å². The molecule has 1 amide bonds. The number of hydrogen-bond acceptors (Lipinski definition) is 4. The molecule has 2 rings (SSSR count). The Labute approximate surface area is 148 Å². The van der Waals surface area contributed by atoms with Gasteiger partial charge in [0.1, 0.15) is 6.61 Å². The van der Waals surface area contributed by atoms with Crippen molar-refractivity contribution in [3.05, 3.63) is 71.8 Å². The zero-order chi connectivity index (χ0) is 18.1. The van der Waals surface area contributed by atoms with Gasteiger partial charge in [0.25, 0.3) is 0 Å². The van der Waals surface area contributed by atoms with Crippen molar-refractivity contribution in [3.8, 4) is 11.5 Å². The lowest BCUT2D eigenvalue weighted by Gasteiger charge is -2.15. The second-order valence-electron chi connectivity index (χ2n) is 5.40. The van der Waals surface area contributed by atoms with Gasteiger partial charge in [-0.05, 0) is 29.7 Å². The van der Waals surface area contributed by atoms with E-state index in [1.807, 2.05) is 42.5 Å². The number of amides is 1. The highest BCUT2D eigenvalue weighted by Gasteiger charge is 2.12. The van der Waals surface area contributed by atoms with Gasteiger partial charge in [-0.2, -0.15) is 0 Å². The van der Waals surface area contributed by atoms with Crippen LogP contribution in [-0.4, -0.2) is 20.3 Å². The molecule has 132 valence electrons. The van der Waals surface area contributed by atoms with Crippen LogP contribution in [0.15, 0.2) is 55.1 Å². The molecule has 0 atom stereocenters. The molecule has 0 bridgehead atoms. The highest BCUT2D eigenvalue weighted by molar-refractivity contribution is 5.67. The third-order valence-electron chi connectivity index (χ3n) is 3.63. The smallest absolute Gasteiger partial charge is 0.407 e. The van der Waals surface area contributed by atoms with Crippen LogP contribution < -0.4 is 14.8 Å². The van der Waals surface area contributed by atoms with Crippen LogP contribution in [0.25, 0.3) is 0 Å². The maximum absolute atomic E-state index is 11.9. The molecule has 0 aliphatic rings. The first-order chi connectivity index (χ1) is 12.2. The van der Waals surface area contributed by atoms with E-state index >= 15 is 0 Å². The van der Waals surface area contributed by atoms with Crippen LogP contribution in [0.1, 0.15) is 16.7 Å². The van der Waals surface area contributed by atoms with E-state index in [1.165, 1.54) is 0 Å². The number of benzene rings is 2. The molecule has 25 heavy (non-hydrogen) atoms. The van der Waals surface area contributed by atoms with Crippen LogP contribution in [-0.2, 0) is 24.3 Å². The van der Waals surface area contributed by atoms with Crippen LogP contribution in [0.2, 0.25) is 0 Å². The lowest BCUT2D eigenvalue weighted by molar-refractivity contribution is 0.139. The van der Waals surface area contributed by atoms with E-state index in [9.17, 15) is 4.79 Å². The Bertz CT molecular complexity index is 713. The number of allylic oxidation sites excluding steroid dienone is 1. The first-order valence-corrected chi connectivity index (χ1v) is 7.97. The highest BCUT2D eigenvalue weighted by atomic mass is 16.5. The Morgan fingerprint density at radius 1 is 1.12 bits per heavy atom. The molecule has 0 heterocycles. The van der Waals surface area contributed by atoms with Gasteiger partial charge >= 0.3 is 6.09 Å². The molecule has 2 aromatic carbocycles. The Morgan fingerprint density at radius 2 is 1.88 bits per heavy atom. The summed E-state index contributed by atoms with van der Waals surface area (Å²) in [7, 11) is 3.18. The zero-order valence-corrected chi connectivity index (χ0v) is 14.6. The van der Waals surface area contributed by atoms with Crippen molar-refractivity contribution in [2.75, 3.05) is 14.2 Å². The summed E-state index contributed by atoms with van der Waals surface area (Å²) in [5, 5.41) is 2.74. The predicted octanol–water partition coefficient (Wildman–Crippen LogP) is 3.86. The monoisotopic (exact) mass is 341 g/mol. The summed E-state index contributed by atoms with van der Waals surface area (Å²) >= 11 is 0. The van der Waals surface area contributed by atoms with E-state index in [1.54, 1.807) is 20.3 Å². The number of carbonyl (C=O) groups is 1. The van der Waals surface area contributed by atoms with E-state index in [2.05, 4.69) is 11.9 Å². The summed E-state index contributed by atoms with van der Waals surface area (Å²) in [4.78, 5) is 11.9. The molecule has 0 aliphatic heterocycles. The number of alkyl carbamates (subject to hydrolysis) is 1. The van der Waals surface area contributed by atoms with Crippen LogP contribution >= 0.6 is 0 Å². The lowest BCUT2D eigenvalue weighted by Crippen LogP contribution is -2.23. The van der Waals surface area contributed by atoms with Gasteiger partial charge in [0.05, 0.1) is 14.2 Å². The lowest BCUT2D eigenvalue weighted by atomic mass is 10.1. The quantitative estimate of drug-likeness (QED) is 0.741. The van der Waals surface area contributed by atoms with Gasteiger partial charge in [0.15, 0.2) is 11.5 Å². The number of rotatable bonds is 8. The Hall–Kier alpha value is -2.95. The normalized spacial score (nSPS) is 10.0. The minimum atomic E-state index is -0.469. The summed E-state index contributed by atoms with van der Waals surface area (Å²) in [6.07, 6.45) is 1.97. The Morgan fingerprint density at radius 3 is 2.52 bits per heavy atom. The maximum Gasteiger partial charge on any atom is 0.407 e. The van der Waals surface area contributed by atoms with E-state index in [-0.39, 0.29) is 6.61 Å². The molecule has 0 saturated heterocycles. The number of ether oxygens (including phenoxy) is 3. The number of carbonyl (C=O) groups excluding carboxylic acids is 1. The molecule has 1 N–H and O–H groups in total. The predicted molar refractivity (Wildman–Crippen MR) is 96.9 cm³/mol. The SMILES string of the molecule is C=CCc1cc(CNC(=O)OCc2ccccc2)cc(OC)c1OC. The fourth-order valence-electron chi connectivity index (χ4n) is 2.46. The minimum absolute atomic E-state index is 0.236. The molecule has 0 saturated carbocycles. The highest BCUT2D eigenvalue weighted by Crippen LogP contribution is 2.33. The molecule has 0 fully saturated rings. The second-order valence-corrected chi connectivity index (χ2v) is 5.40. The summed E-state index contributed by atoms with van der Waals surface area (Å²) in [5.41, 5.74) is 2.79. The van der Waals surface area contributed by atoms with E-state index < -0.39 is 6.09 Å². The van der Waals surface area contributed by atoms with E-state index in [4.69, 9.17) is 14.2 Å². The van der Waals surface area contributed by atoms with Gasteiger partial charge < -0.3 is 19.5 Å². The molecule has 5 heteroatoms. The summed E-state index contributed by atoms with van der Waals surface area (Å²) in [6, 6.07) is 13.3. The van der Waals surface area contributed by atoms with E-state index in [0.29, 0.717) is 24.5 Å². The first kappa shape index (κ1) is 18.4. The van der Waals surface area contributed by atoms with Crippen LogP contribution in [0.5, 0.6) is 11.5 Å². The average molecular weight is 341 g/mol. The van der Waals surface area contributed by atoms with Crippen LogP contribution in [0.4, 0.5) is 4.79 Å². The number of nitrogens with one attached hydrogen (secondary N) is 1. The molecule has 2 aromatic rings. The molecule has 5 nitrogen and oxygen atoms in total. The van der Waals surface area contributed by atoms with Gasteiger partial charge in [-0.1, -0.05) is 36.4 Å². The van der Waals surface area contributed by atoms with Gasteiger partial charge in [0.2, 0.25) is 0 Å². The minimum Gasteiger partial charge on any atom is -0.493 e. The van der Waals surface area contributed by atoms with Gasteiger partial charge in [0, 0.05) is 12.1 Å². The summed E-state index contributed by atoms with van der Waals surface area (Å²) in [6.45, 7) is 4.33. The second kappa shape index (κ2) is 9.37. The third-order valence-corrected chi connectivity index (χ3v) is 3.63. The largest absolute Gasteiger partial charge is 0.493 e. The summed E-state index contributed by atoms with van der Waals surface area (Å²) in [5.74, 6) is 1.30. The fourth-order valence-corrected chi connectivity index (χ4v) is 2.46. The molecular formula is C20H23NO4. The molecular weight excluding hydrogens is 318 g/mol. The molecule has 0 unspecified atom stereocenters.